The number of thioether (sulfide) groups is 1. The van der Waals surface area contributed by atoms with Crippen LogP contribution >= 0.6 is 11.8 Å². The fourth-order valence-corrected chi connectivity index (χ4v) is 5.22. The van der Waals surface area contributed by atoms with E-state index in [1.54, 1.807) is 17.8 Å². The van der Waals surface area contributed by atoms with Gasteiger partial charge in [-0.3, -0.25) is 0 Å². The van der Waals surface area contributed by atoms with Crippen molar-refractivity contribution in [3.05, 3.63) is 29.3 Å². The third-order valence-corrected chi connectivity index (χ3v) is 7.67. The van der Waals surface area contributed by atoms with E-state index in [-0.39, 0.29) is 5.09 Å². The van der Waals surface area contributed by atoms with E-state index >= 15 is 0 Å². The van der Waals surface area contributed by atoms with E-state index < -0.39 is 10.0 Å². The van der Waals surface area contributed by atoms with Crippen molar-refractivity contribution in [3.8, 4) is 0 Å². The summed E-state index contributed by atoms with van der Waals surface area (Å²) < 4.78 is 33.4. The van der Waals surface area contributed by atoms with Crippen LogP contribution in [0.15, 0.2) is 26.8 Å². The van der Waals surface area contributed by atoms with Crippen molar-refractivity contribution >= 4 is 21.8 Å². The molecule has 0 aromatic carbocycles. The van der Waals surface area contributed by atoms with Crippen molar-refractivity contribution in [2.45, 2.75) is 68.0 Å². The van der Waals surface area contributed by atoms with Crippen LogP contribution in [0.3, 0.4) is 0 Å². The van der Waals surface area contributed by atoms with Crippen LogP contribution in [0.2, 0.25) is 0 Å². The van der Waals surface area contributed by atoms with E-state index in [1.807, 2.05) is 6.92 Å². The molecule has 0 radical (unpaired) electrons. The van der Waals surface area contributed by atoms with Gasteiger partial charge in [-0.15, -0.1) is 0 Å². The van der Waals surface area contributed by atoms with Crippen molar-refractivity contribution in [2.24, 2.45) is 0 Å². The molecule has 6 nitrogen and oxygen atoms in total. The number of rotatable bonds is 6. The largest absolute Gasteiger partial charge is 0.447 e. The molecule has 1 aliphatic carbocycles. The van der Waals surface area contributed by atoms with Gasteiger partial charge in [-0.05, 0) is 38.8 Å². The summed E-state index contributed by atoms with van der Waals surface area (Å²) in [5, 5.41) is 0.987. The van der Waals surface area contributed by atoms with Crippen LogP contribution in [0.25, 0.3) is 0 Å². The number of aromatic nitrogens is 2. The number of nitrogens with zero attached hydrogens (tertiary/aromatic N) is 3. The summed E-state index contributed by atoms with van der Waals surface area (Å²) >= 11 is 1.61. The molecule has 8 heteroatoms. The summed E-state index contributed by atoms with van der Waals surface area (Å²) in [6.07, 6.45) is 6.28. The average molecular weight is 398 g/mol. The van der Waals surface area contributed by atoms with Crippen molar-refractivity contribution in [1.29, 1.82) is 0 Å². The van der Waals surface area contributed by atoms with Crippen LogP contribution in [0.4, 0.5) is 0 Å². The first-order valence-corrected chi connectivity index (χ1v) is 11.4. The zero-order valence-electron chi connectivity index (χ0n) is 15.9. The van der Waals surface area contributed by atoms with Gasteiger partial charge in [0, 0.05) is 25.8 Å². The Morgan fingerprint density at radius 1 is 1.23 bits per heavy atom. The molecule has 0 bridgehead atoms. The number of sulfonamides is 1. The van der Waals surface area contributed by atoms with Crippen LogP contribution < -0.4 is 0 Å². The monoisotopic (exact) mass is 397 g/mol. The highest BCUT2D eigenvalue weighted by Gasteiger charge is 2.24. The van der Waals surface area contributed by atoms with Gasteiger partial charge in [0.15, 0.2) is 5.16 Å². The predicted molar refractivity (Wildman–Crippen MR) is 103 cm³/mol. The van der Waals surface area contributed by atoms with E-state index in [9.17, 15) is 8.42 Å². The Morgan fingerprint density at radius 2 is 1.92 bits per heavy atom. The van der Waals surface area contributed by atoms with Crippen LogP contribution in [-0.4, -0.2) is 36.4 Å². The van der Waals surface area contributed by atoms with Gasteiger partial charge in [0.1, 0.15) is 5.76 Å². The maximum atomic E-state index is 12.1. The number of hydrogen-bond donors (Lipinski definition) is 0. The highest BCUT2D eigenvalue weighted by molar-refractivity contribution is 7.98. The van der Waals surface area contributed by atoms with Gasteiger partial charge < -0.3 is 8.98 Å². The zero-order chi connectivity index (χ0) is 18.9. The topological polar surface area (TPSA) is 68.3 Å². The lowest BCUT2D eigenvalue weighted by Gasteiger charge is -2.26. The predicted octanol–water partition coefficient (Wildman–Crippen LogP) is 4.14. The maximum absolute atomic E-state index is 12.1. The average Bonchev–Trinajstić information content (AvgIpc) is 3.19. The SMILES string of the molecule is Cc1nc(SCc2ccc(S(=O)(=O)N(C)C)o2)n(C2CCCCC2)c1C. The molecule has 2 aromatic rings. The van der Waals surface area contributed by atoms with Gasteiger partial charge in [0.05, 0.1) is 11.4 Å². The summed E-state index contributed by atoms with van der Waals surface area (Å²) in [6.45, 7) is 4.18. The van der Waals surface area contributed by atoms with Crippen LogP contribution in [0.5, 0.6) is 0 Å². The summed E-state index contributed by atoms with van der Waals surface area (Å²) in [4.78, 5) is 4.74. The molecule has 0 N–H and O–H groups in total. The van der Waals surface area contributed by atoms with Gasteiger partial charge >= 0.3 is 0 Å². The van der Waals surface area contributed by atoms with Crippen LogP contribution in [0, 0.1) is 13.8 Å². The number of furan rings is 1. The van der Waals surface area contributed by atoms with E-state index in [1.165, 1.54) is 58.0 Å². The molecule has 1 saturated carbocycles. The molecule has 144 valence electrons. The summed E-state index contributed by atoms with van der Waals surface area (Å²) in [5.74, 6) is 1.20. The Morgan fingerprint density at radius 3 is 2.58 bits per heavy atom. The molecular formula is C18H27N3O3S2. The standard InChI is InChI=1S/C18H27N3O3S2/c1-13-14(2)21(15-8-6-5-7-9-15)18(19-13)25-12-16-10-11-17(24-16)26(22,23)20(3)4/h10-11,15H,5-9,12H2,1-4H3. The molecule has 3 rings (SSSR count). The Labute approximate surface area is 160 Å². The number of imidazole rings is 1. The molecule has 0 atom stereocenters. The van der Waals surface area contributed by atoms with E-state index in [0.717, 1.165) is 15.2 Å². The second-order valence-electron chi connectivity index (χ2n) is 7.02. The molecular weight excluding hydrogens is 370 g/mol. The lowest BCUT2D eigenvalue weighted by atomic mass is 9.95. The highest BCUT2D eigenvalue weighted by Crippen LogP contribution is 2.35. The summed E-state index contributed by atoms with van der Waals surface area (Å²) in [5.41, 5.74) is 2.29. The second kappa shape index (κ2) is 7.78. The van der Waals surface area contributed by atoms with E-state index in [2.05, 4.69) is 11.5 Å². The Bertz CT molecular complexity index is 862. The minimum Gasteiger partial charge on any atom is -0.447 e. The minimum absolute atomic E-state index is 0.0129. The number of hydrogen-bond acceptors (Lipinski definition) is 5. The first-order chi connectivity index (χ1) is 12.3. The molecule has 0 unspecified atom stereocenters. The fourth-order valence-electron chi connectivity index (χ4n) is 3.36. The summed E-state index contributed by atoms with van der Waals surface area (Å²) in [7, 11) is -0.533. The molecule has 0 spiro atoms. The molecule has 2 heterocycles. The van der Waals surface area contributed by atoms with Gasteiger partial charge in [0.25, 0.3) is 10.0 Å². The van der Waals surface area contributed by atoms with Crippen molar-refractivity contribution in [2.75, 3.05) is 14.1 Å². The Kier molecular flexibility index (Phi) is 5.84. The minimum atomic E-state index is -3.53. The third-order valence-electron chi connectivity index (χ3n) is 5.01. The summed E-state index contributed by atoms with van der Waals surface area (Å²) in [6, 6.07) is 3.78. The quantitative estimate of drug-likeness (QED) is 0.685. The van der Waals surface area contributed by atoms with Crippen LogP contribution in [-0.2, 0) is 15.8 Å². The highest BCUT2D eigenvalue weighted by atomic mass is 32.2. The normalized spacial score (nSPS) is 16.5. The van der Waals surface area contributed by atoms with E-state index in [0.29, 0.717) is 17.6 Å². The molecule has 1 aliphatic rings. The Balaban J connectivity index is 1.76. The van der Waals surface area contributed by atoms with Crippen LogP contribution in [0.1, 0.15) is 55.3 Å². The first kappa shape index (κ1) is 19.5. The first-order valence-electron chi connectivity index (χ1n) is 9.00. The Hall–Kier alpha value is -1.25. The van der Waals surface area contributed by atoms with Crippen molar-refractivity contribution in [3.63, 3.8) is 0 Å². The lowest BCUT2D eigenvalue weighted by molar-refractivity contribution is 0.332. The third kappa shape index (κ3) is 3.87. The lowest BCUT2D eigenvalue weighted by Crippen LogP contribution is -2.21. The van der Waals surface area contributed by atoms with E-state index in [4.69, 9.17) is 9.40 Å². The molecule has 1 fully saturated rings. The van der Waals surface area contributed by atoms with Gasteiger partial charge in [0.2, 0.25) is 5.09 Å². The molecule has 0 amide bonds. The van der Waals surface area contributed by atoms with Crippen molar-refractivity contribution in [1.82, 2.24) is 13.9 Å². The van der Waals surface area contributed by atoms with Gasteiger partial charge in [-0.25, -0.2) is 17.7 Å². The number of aryl methyl sites for hydroxylation is 1. The molecule has 0 aliphatic heterocycles. The van der Waals surface area contributed by atoms with Gasteiger partial charge in [-0.2, -0.15) is 0 Å². The molecule has 2 aromatic heterocycles. The zero-order valence-corrected chi connectivity index (χ0v) is 17.5. The second-order valence-corrected chi connectivity index (χ2v) is 10.0. The van der Waals surface area contributed by atoms with Gasteiger partial charge in [-0.1, -0.05) is 31.0 Å². The van der Waals surface area contributed by atoms with Crippen molar-refractivity contribution < 1.29 is 12.8 Å². The smallest absolute Gasteiger partial charge is 0.275 e. The fraction of sp³-hybridized carbons (Fsp3) is 0.611. The molecule has 0 saturated heterocycles. The maximum Gasteiger partial charge on any atom is 0.275 e. The molecule has 26 heavy (non-hydrogen) atoms.